The van der Waals surface area contributed by atoms with Crippen LogP contribution in [0.1, 0.15) is 75.8 Å². The van der Waals surface area contributed by atoms with Gasteiger partial charge >= 0.3 is 5.97 Å². The van der Waals surface area contributed by atoms with Crippen molar-refractivity contribution in [2.75, 3.05) is 18.0 Å². The number of ether oxygens (including phenoxy) is 1. The highest BCUT2D eigenvalue weighted by Gasteiger charge is 2.58. The summed E-state index contributed by atoms with van der Waals surface area (Å²) >= 11 is 0. The number of nitrogens with zero attached hydrogens (tertiary/aromatic N) is 2. The van der Waals surface area contributed by atoms with Gasteiger partial charge in [0.1, 0.15) is 11.9 Å². The topological polar surface area (TPSA) is 33.9 Å². The second-order valence-corrected chi connectivity index (χ2v) is 11.9. The van der Waals surface area contributed by atoms with E-state index in [0.29, 0.717) is 12.3 Å². The van der Waals surface area contributed by atoms with Crippen LogP contribution in [0.15, 0.2) is 48.5 Å². The van der Waals surface area contributed by atoms with Crippen molar-refractivity contribution in [3.63, 3.8) is 0 Å². The summed E-state index contributed by atoms with van der Waals surface area (Å²) in [6.07, 6.45) is 8.07. The Bertz CT molecular complexity index is 1140. The number of carbonyl (C=O) groups excluding carboxylic acids is 1. The van der Waals surface area contributed by atoms with Gasteiger partial charge < -0.3 is 14.5 Å². The Morgan fingerprint density at radius 3 is 2.45 bits per heavy atom. The lowest BCUT2D eigenvalue weighted by Crippen LogP contribution is -2.48. The molecule has 5 rings (SSSR count). The van der Waals surface area contributed by atoms with Gasteiger partial charge in [0.25, 0.3) is 5.54 Å². The number of hydrogen-bond donors (Lipinski definition) is 0. The summed E-state index contributed by atoms with van der Waals surface area (Å²) in [5.41, 5.74) is 2.54. The second-order valence-electron chi connectivity index (χ2n) is 11.9. The van der Waals surface area contributed by atoms with Gasteiger partial charge in [-0.2, -0.15) is 0 Å². The average Bonchev–Trinajstić information content (AvgIpc) is 3.36. The van der Waals surface area contributed by atoms with E-state index >= 15 is 0 Å². The molecule has 5 heteroatoms. The van der Waals surface area contributed by atoms with Crippen molar-refractivity contribution >= 4 is 11.7 Å². The molecule has 0 N–H and O–H groups in total. The van der Waals surface area contributed by atoms with Gasteiger partial charge in [0.2, 0.25) is 0 Å². The normalized spacial score (nSPS) is 27.3. The fourth-order valence-corrected chi connectivity index (χ4v) is 7.55. The Labute approximate surface area is 227 Å². The van der Waals surface area contributed by atoms with Crippen molar-refractivity contribution in [2.45, 2.75) is 83.3 Å². The molecule has 3 unspecified atom stereocenters. The molecule has 2 aliphatic carbocycles. The highest BCUT2D eigenvalue weighted by atomic mass is 19.1. The molecule has 0 aromatic heterocycles. The van der Waals surface area contributed by atoms with Gasteiger partial charge in [0.05, 0.1) is 5.92 Å². The van der Waals surface area contributed by atoms with Crippen LogP contribution in [0.2, 0.25) is 0 Å². The van der Waals surface area contributed by atoms with Gasteiger partial charge in [0.15, 0.2) is 0 Å². The molecule has 0 radical (unpaired) electrons. The smallest absolute Gasteiger partial charge is 0.305 e. The van der Waals surface area contributed by atoms with Crippen molar-refractivity contribution in [3.8, 4) is 0 Å². The maximum absolute atomic E-state index is 14.5. The lowest BCUT2D eigenvalue weighted by molar-refractivity contribution is -0.152. The van der Waals surface area contributed by atoms with Crippen LogP contribution in [-0.4, -0.2) is 25.2 Å². The number of carbonyl (C=O) groups is 1. The van der Waals surface area contributed by atoms with Crippen LogP contribution in [0.4, 0.5) is 10.1 Å². The molecular formula is C33H41FN2O2. The fourth-order valence-electron chi connectivity index (χ4n) is 7.55. The summed E-state index contributed by atoms with van der Waals surface area (Å²) in [6.45, 7) is 14.7. The number of aryl methyl sites for hydroxylation is 1. The van der Waals surface area contributed by atoms with E-state index < -0.39 is 5.54 Å². The maximum atomic E-state index is 14.5. The third kappa shape index (κ3) is 5.33. The van der Waals surface area contributed by atoms with E-state index in [1.165, 1.54) is 23.7 Å². The van der Waals surface area contributed by atoms with Gasteiger partial charge in [-0.15, -0.1) is 0 Å². The van der Waals surface area contributed by atoms with E-state index in [9.17, 15) is 9.18 Å². The zero-order chi connectivity index (χ0) is 26.7. The van der Waals surface area contributed by atoms with Crippen LogP contribution in [0, 0.1) is 43.0 Å². The molecule has 3 fully saturated rings. The van der Waals surface area contributed by atoms with Crippen LogP contribution < -0.4 is 4.90 Å². The third-order valence-electron chi connectivity index (χ3n) is 9.55. The first-order chi connectivity index (χ1) is 18.4. The van der Waals surface area contributed by atoms with Crippen molar-refractivity contribution in [1.29, 1.82) is 0 Å². The van der Waals surface area contributed by atoms with E-state index in [-0.39, 0.29) is 29.7 Å². The van der Waals surface area contributed by atoms with Gasteiger partial charge in [-0.05, 0) is 94.4 Å². The minimum Gasteiger partial charge on any atom is -0.462 e. The zero-order valence-electron chi connectivity index (χ0n) is 22.9. The molecule has 0 spiro atoms. The molecule has 0 amide bonds. The second kappa shape index (κ2) is 11.5. The zero-order valence-corrected chi connectivity index (χ0v) is 22.9. The van der Waals surface area contributed by atoms with Gasteiger partial charge in [-0.3, -0.25) is 4.79 Å². The van der Waals surface area contributed by atoms with E-state index in [2.05, 4.69) is 40.9 Å². The summed E-state index contributed by atoms with van der Waals surface area (Å²) in [6, 6.07) is 15.5. The Balaban J connectivity index is 1.27. The first-order valence-electron chi connectivity index (χ1n) is 14.6. The monoisotopic (exact) mass is 516 g/mol. The summed E-state index contributed by atoms with van der Waals surface area (Å²) in [5.74, 6) is 0.975. The minimum atomic E-state index is -0.846. The predicted octanol–water partition coefficient (Wildman–Crippen LogP) is 7.70. The number of benzene rings is 2. The fraction of sp³-hybridized carbons (Fsp3) is 0.576. The number of anilines is 1. The SMILES string of the molecule is [C-]#[N+]C(c1cccc(F)c1)(C1CCC(CC2CN(c3ccc(C)cc3)C2)CC1)C1CCCC1OC(=O)CC. The maximum Gasteiger partial charge on any atom is 0.305 e. The Hall–Kier alpha value is -2.87. The molecule has 2 saturated carbocycles. The number of hydrogen-bond acceptors (Lipinski definition) is 3. The molecule has 202 valence electrons. The molecule has 38 heavy (non-hydrogen) atoms. The van der Waals surface area contributed by atoms with Crippen LogP contribution in [0.5, 0.6) is 0 Å². The van der Waals surface area contributed by atoms with E-state index in [4.69, 9.17) is 11.3 Å². The Morgan fingerprint density at radius 1 is 1.05 bits per heavy atom. The van der Waals surface area contributed by atoms with E-state index in [0.717, 1.165) is 69.5 Å². The minimum absolute atomic E-state index is 0.0893. The molecule has 1 saturated heterocycles. The van der Waals surface area contributed by atoms with E-state index in [1.807, 2.05) is 13.0 Å². The lowest BCUT2D eigenvalue weighted by Gasteiger charge is -2.45. The number of halogens is 1. The summed E-state index contributed by atoms with van der Waals surface area (Å²) in [7, 11) is 0. The highest BCUT2D eigenvalue weighted by Crippen LogP contribution is 2.54. The molecule has 0 bridgehead atoms. The van der Waals surface area contributed by atoms with Crippen LogP contribution in [0.3, 0.4) is 0 Å². The molecule has 1 aliphatic heterocycles. The Kier molecular flexibility index (Phi) is 8.07. The quantitative estimate of drug-likeness (QED) is 0.266. The predicted molar refractivity (Wildman–Crippen MR) is 149 cm³/mol. The standard InChI is InChI=1S/C33H41FN2O2/c1-4-32(37)38-31-10-6-9-30(31)33(35-3,27-7-5-8-28(34)20-27)26-15-13-24(14-16-26)19-25-21-36(22-25)29-17-11-23(2)12-18-29/h5,7-8,11-12,17-18,20,24-26,30-31H,4,6,9-10,13-16,19,21-22H2,1-2H3. The summed E-state index contributed by atoms with van der Waals surface area (Å²) in [4.78, 5) is 19.1. The summed E-state index contributed by atoms with van der Waals surface area (Å²) < 4.78 is 20.4. The third-order valence-corrected chi connectivity index (χ3v) is 9.55. The van der Waals surface area contributed by atoms with Crippen molar-refractivity contribution in [3.05, 3.63) is 76.9 Å². The lowest BCUT2D eigenvalue weighted by atomic mass is 9.62. The molecule has 2 aromatic rings. The average molecular weight is 517 g/mol. The molecule has 3 atom stereocenters. The first kappa shape index (κ1) is 26.7. The van der Waals surface area contributed by atoms with E-state index in [1.54, 1.807) is 12.1 Å². The highest BCUT2D eigenvalue weighted by molar-refractivity contribution is 5.69. The molecule has 1 heterocycles. The van der Waals surface area contributed by atoms with Crippen LogP contribution >= 0.6 is 0 Å². The summed E-state index contributed by atoms with van der Waals surface area (Å²) in [5, 5.41) is 0. The molecule has 2 aromatic carbocycles. The largest absolute Gasteiger partial charge is 0.462 e. The Morgan fingerprint density at radius 2 is 1.79 bits per heavy atom. The van der Waals surface area contributed by atoms with Crippen LogP contribution in [0.25, 0.3) is 4.85 Å². The molecule has 3 aliphatic rings. The number of esters is 1. The van der Waals surface area contributed by atoms with Crippen LogP contribution in [-0.2, 0) is 15.1 Å². The molecular weight excluding hydrogens is 475 g/mol. The first-order valence-corrected chi connectivity index (χ1v) is 14.6. The van der Waals surface area contributed by atoms with Crippen molar-refractivity contribution in [2.24, 2.45) is 23.7 Å². The van der Waals surface area contributed by atoms with Gasteiger partial charge in [-0.25, -0.2) is 11.0 Å². The van der Waals surface area contributed by atoms with Gasteiger partial charge in [0, 0.05) is 36.7 Å². The van der Waals surface area contributed by atoms with Crippen molar-refractivity contribution < 1.29 is 13.9 Å². The number of rotatable bonds is 8. The molecule has 4 nitrogen and oxygen atoms in total. The van der Waals surface area contributed by atoms with Gasteiger partial charge in [-0.1, -0.05) is 36.8 Å². The van der Waals surface area contributed by atoms with Crippen molar-refractivity contribution in [1.82, 2.24) is 0 Å².